The summed E-state index contributed by atoms with van der Waals surface area (Å²) in [6.45, 7) is 7.15. The highest BCUT2D eigenvalue weighted by molar-refractivity contribution is 6.34. The van der Waals surface area contributed by atoms with E-state index in [-0.39, 0.29) is 11.7 Å². The molecule has 0 aromatic carbocycles. The number of alkyl halides is 1. The molecule has 1 unspecified atom stereocenters. The summed E-state index contributed by atoms with van der Waals surface area (Å²) in [4.78, 5) is 10.1. The van der Waals surface area contributed by atoms with Crippen molar-refractivity contribution >= 4 is 17.4 Å². The smallest absolute Gasteiger partial charge is 0.150 e. The van der Waals surface area contributed by atoms with Crippen LogP contribution < -0.4 is 0 Å². The van der Waals surface area contributed by atoms with Crippen LogP contribution in [-0.4, -0.2) is 10.7 Å². The van der Waals surface area contributed by atoms with Crippen molar-refractivity contribution < 1.29 is 4.79 Å². The van der Waals surface area contributed by atoms with Crippen LogP contribution in [-0.2, 0) is 4.79 Å². The van der Waals surface area contributed by atoms with Gasteiger partial charge < -0.3 is 0 Å². The van der Waals surface area contributed by atoms with Crippen molar-refractivity contribution in [2.24, 2.45) is 5.92 Å². The number of hydrogen-bond acceptors (Lipinski definition) is 1. The second-order valence-electron chi connectivity index (χ2n) is 2.79. The Balaban J connectivity index is 4.19. The van der Waals surface area contributed by atoms with Crippen LogP contribution in [0.4, 0.5) is 0 Å². The third-order valence-corrected chi connectivity index (χ3v) is 2.48. The van der Waals surface area contributed by atoms with Crippen molar-refractivity contribution in [3.63, 3.8) is 0 Å². The Morgan fingerprint density at radius 3 is 1.89 bits per heavy atom. The molecule has 1 atom stereocenters. The number of rotatable bonds is 2. The second-order valence-corrected chi connectivity index (χ2v) is 3.57. The van der Waals surface area contributed by atoms with E-state index in [1.807, 2.05) is 13.8 Å². The molecule has 0 aliphatic carbocycles. The molecule has 0 rings (SSSR count). The number of Topliss-reactive ketones (excluding diaryl/α,β-unsaturated/α-hetero) is 1. The fraction of sp³-hybridized carbons (Fsp3) is 0.857. The number of halogens is 1. The number of hydrogen-bond donors (Lipinski definition) is 0. The number of carbonyl (C=O) groups excluding carboxylic acids is 1. The molecule has 0 aromatic heterocycles. The lowest BCUT2D eigenvalue weighted by Crippen LogP contribution is -2.32. The van der Waals surface area contributed by atoms with E-state index in [0.717, 1.165) is 0 Å². The van der Waals surface area contributed by atoms with Gasteiger partial charge in [0.2, 0.25) is 0 Å². The molecule has 0 aliphatic rings. The molecule has 0 heterocycles. The average molecular weight is 149 g/mol. The Hall–Kier alpha value is -0.0400. The fourth-order valence-electron chi connectivity index (χ4n) is 0.407. The van der Waals surface area contributed by atoms with Gasteiger partial charge in [-0.25, -0.2) is 0 Å². The lowest BCUT2D eigenvalue weighted by Gasteiger charge is -2.22. The first-order valence-corrected chi connectivity index (χ1v) is 3.46. The molecule has 0 saturated carbocycles. The van der Waals surface area contributed by atoms with Gasteiger partial charge in [0.1, 0.15) is 4.87 Å². The van der Waals surface area contributed by atoms with E-state index in [9.17, 15) is 4.79 Å². The summed E-state index contributed by atoms with van der Waals surface area (Å²) >= 11 is 5.86. The topological polar surface area (TPSA) is 17.1 Å². The van der Waals surface area contributed by atoms with Gasteiger partial charge in [-0.15, -0.1) is 11.6 Å². The van der Waals surface area contributed by atoms with Crippen molar-refractivity contribution in [2.75, 3.05) is 0 Å². The van der Waals surface area contributed by atoms with E-state index in [1.165, 1.54) is 6.92 Å². The Morgan fingerprint density at radius 2 is 1.89 bits per heavy atom. The van der Waals surface area contributed by atoms with Crippen molar-refractivity contribution in [3.05, 3.63) is 0 Å². The molecule has 0 spiro atoms. The van der Waals surface area contributed by atoms with E-state index in [0.29, 0.717) is 0 Å². The summed E-state index contributed by atoms with van der Waals surface area (Å²) in [5.41, 5.74) is 0. The van der Waals surface area contributed by atoms with Crippen molar-refractivity contribution in [3.8, 4) is 0 Å². The molecule has 0 amide bonds. The van der Waals surface area contributed by atoms with Crippen molar-refractivity contribution in [2.45, 2.75) is 32.6 Å². The molecule has 0 bridgehead atoms. The molecule has 0 fully saturated rings. The molecule has 0 aromatic rings. The second kappa shape index (κ2) is 2.70. The van der Waals surface area contributed by atoms with Gasteiger partial charge in [0.05, 0.1) is 0 Å². The first kappa shape index (κ1) is 8.96. The van der Waals surface area contributed by atoms with Gasteiger partial charge in [-0.05, 0) is 19.8 Å². The summed E-state index contributed by atoms with van der Waals surface area (Å²) in [5, 5.41) is 0. The molecule has 0 aliphatic heterocycles. The van der Waals surface area contributed by atoms with Gasteiger partial charge in [-0.1, -0.05) is 13.8 Å². The van der Waals surface area contributed by atoms with Crippen molar-refractivity contribution in [1.29, 1.82) is 0 Å². The molecule has 0 saturated heterocycles. The first-order valence-electron chi connectivity index (χ1n) is 3.09. The van der Waals surface area contributed by atoms with E-state index < -0.39 is 4.87 Å². The Bertz CT molecular complexity index is 116. The van der Waals surface area contributed by atoms with Crippen LogP contribution in [0.5, 0.6) is 0 Å². The monoisotopic (exact) mass is 148 g/mol. The maximum atomic E-state index is 10.8. The van der Waals surface area contributed by atoms with Crippen LogP contribution in [0.2, 0.25) is 0 Å². The maximum absolute atomic E-state index is 10.8. The molecule has 0 N–H and O–H groups in total. The van der Waals surface area contributed by atoms with E-state index >= 15 is 0 Å². The summed E-state index contributed by atoms with van der Waals surface area (Å²) in [6.07, 6.45) is 0. The molecule has 0 radical (unpaired) electrons. The first-order chi connectivity index (χ1) is 3.89. The quantitative estimate of drug-likeness (QED) is 0.549. The predicted molar refractivity (Wildman–Crippen MR) is 39.8 cm³/mol. The van der Waals surface area contributed by atoms with E-state index in [2.05, 4.69) is 0 Å². The highest BCUT2D eigenvalue weighted by Gasteiger charge is 2.30. The lowest BCUT2D eigenvalue weighted by atomic mass is 9.93. The zero-order chi connectivity index (χ0) is 7.65. The largest absolute Gasteiger partial charge is 0.298 e. The summed E-state index contributed by atoms with van der Waals surface area (Å²) in [6, 6.07) is 0. The fourth-order valence-corrected chi connectivity index (χ4v) is 0.407. The van der Waals surface area contributed by atoms with Crippen LogP contribution in [0.15, 0.2) is 0 Å². The lowest BCUT2D eigenvalue weighted by molar-refractivity contribution is -0.120. The molecule has 9 heavy (non-hydrogen) atoms. The van der Waals surface area contributed by atoms with Gasteiger partial charge in [0.25, 0.3) is 0 Å². The zero-order valence-electron chi connectivity index (χ0n) is 6.36. The van der Waals surface area contributed by atoms with Gasteiger partial charge in [-0.2, -0.15) is 0 Å². The van der Waals surface area contributed by atoms with Crippen LogP contribution in [0.1, 0.15) is 27.7 Å². The number of ketones is 1. The van der Waals surface area contributed by atoms with Crippen LogP contribution in [0, 0.1) is 5.92 Å². The van der Waals surface area contributed by atoms with Crippen LogP contribution in [0.3, 0.4) is 0 Å². The number of carbonyl (C=O) groups is 1. The van der Waals surface area contributed by atoms with Gasteiger partial charge in [0.15, 0.2) is 5.78 Å². The highest BCUT2D eigenvalue weighted by Crippen LogP contribution is 2.24. The minimum absolute atomic E-state index is 0.0409. The standard InChI is InChI=1S/C7H13ClO/c1-5(2)7(4,8)6(3)9/h5H,1-4H3. The Labute approximate surface area is 61.4 Å². The summed E-state index contributed by atoms with van der Waals surface area (Å²) in [5.74, 6) is 0.246. The van der Waals surface area contributed by atoms with Crippen LogP contribution >= 0.6 is 11.6 Å². The summed E-state index contributed by atoms with van der Waals surface area (Å²) in [7, 11) is 0. The Kier molecular flexibility index (Phi) is 2.68. The third-order valence-electron chi connectivity index (χ3n) is 1.77. The highest BCUT2D eigenvalue weighted by atomic mass is 35.5. The molecule has 1 nitrogen and oxygen atoms in total. The molecular formula is C7H13ClO. The van der Waals surface area contributed by atoms with Gasteiger partial charge in [-0.3, -0.25) is 4.79 Å². The molecule has 2 heteroatoms. The third kappa shape index (κ3) is 1.98. The molecular weight excluding hydrogens is 136 g/mol. The van der Waals surface area contributed by atoms with E-state index in [1.54, 1.807) is 6.92 Å². The molecule has 54 valence electrons. The van der Waals surface area contributed by atoms with Gasteiger partial charge >= 0.3 is 0 Å². The summed E-state index contributed by atoms with van der Waals surface area (Å²) < 4.78 is 0. The van der Waals surface area contributed by atoms with E-state index in [4.69, 9.17) is 11.6 Å². The SMILES string of the molecule is CC(=O)C(C)(Cl)C(C)C. The Morgan fingerprint density at radius 1 is 1.56 bits per heavy atom. The minimum atomic E-state index is -0.667. The van der Waals surface area contributed by atoms with Crippen molar-refractivity contribution in [1.82, 2.24) is 0 Å². The average Bonchev–Trinajstić information content (AvgIpc) is 1.65. The predicted octanol–water partition coefficient (Wildman–Crippen LogP) is 2.23. The van der Waals surface area contributed by atoms with Crippen LogP contribution in [0.25, 0.3) is 0 Å². The minimum Gasteiger partial charge on any atom is -0.298 e. The zero-order valence-corrected chi connectivity index (χ0v) is 7.12. The maximum Gasteiger partial charge on any atom is 0.150 e. The van der Waals surface area contributed by atoms with Gasteiger partial charge in [0, 0.05) is 0 Å². The normalized spacial score (nSPS) is 17.6.